The number of halogens is 1. The summed E-state index contributed by atoms with van der Waals surface area (Å²) in [4.78, 5) is 11.9. The van der Waals surface area contributed by atoms with Gasteiger partial charge in [-0.05, 0) is 30.1 Å². The Morgan fingerprint density at radius 3 is 3.00 bits per heavy atom. The summed E-state index contributed by atoms with van der Waals surface area (Å²) < 4.78 is 0.722. The highest BCUT2D eigenvalue weighted by molar-refractivity contribution is 14.1. The Bertz CT molecular complexity index is 309. The number of hydrogen-bond donors (Lipinski definition) is 0. The molecule has 0 heterocycles. The molecule has 6 atom stereocenters. The fourth-order valence-electron chi connectivity index (χ4n) is 3.88. The van der Waals surface area contributed by atoms with E-state index in [-0.39, 0.29) is 0 Å². The Morgan fingerprint density at radius 1 is 1.43 bits per heavy atom. The van der Waals surface area contributed by atoms with Crippen molar-refractivity contribution in [1.29, 1.82) is 0 Å². The maximum absolute atomic E-state index is 11.9. The largest absolute Gasteiger partial charge is 0.299 e. The fourth-order valence-corrected chi connectivity index (χ4v) is 5.06. The number of rotatable bonds is 0. The number of fused-ring (bicyclic) bond motifs is 2. The minimum atomic E-state index is 0.377. The molecular formula is C12H15IO. The summed E-state index contributed by atoms with van der Waals surface area (Å²) in [6.45, 7) is 2.28. The van der Waals surface area contributed by atoms with E-state index < -0.39 is 0 Å². The maximum Gasteiger partial charge on any atom is 0.136 e. The van der Waals surface area contributed by atoms with Gasteiger partial charge in [0.25, 0.3) is 0 Å². The molecule has 2 heteroatoms. The third-order valence-corrected chi connectivity index (χ3v) is 6.56. The lowest BCUT2D eigenvalue weighted by Crippen LogP contribution is -2.53. The highest BCUT2D eigenvalue weighted by Crippen LogP contribution is 2.56. The molecule has 0 spiro atoms. The summed E-state index contributed by atoms with van der Waals surface area (Å²) in [6.07, 6.45) is 6.70. The third kappa shape index (κ3) is 1.04. The maximum atomic E-state index is 11.9. The topological polar surface area (TPSA) is 17.1 Å². The summed E-state index contributed by atoms with van der Waals surface area (Å²) in [6, 6.07) is 0. The minimum absolute atomic E-state index is 0.377. The van der Waals surface area contributed by atoms with Crippen LogP contribution in [0.15, 0.2) is 12.2 Å². The fraction of sp³-hybridized carbons (Fsp3) is 0.750. The molecule has 3 fully saturated rings. The Balaban J connectivity index is 2.02. The zero-order valence-electron chi connectivity index (χ0n) is 8.32. The van der Waals surface area contributed by atoms with Crippen LogP contribution in [0.3, 0.4) is 0 Å². The van der Waals surface area contributed by atoms with Gasteiger partial charge in [-0.3, -0.25) is 4.79 Å². The smallest absolute Gasteiger partial charge is 0.136 e. The summed E-state index contributed by atoms with van der Waals surface area (Å²) in [5.74, 6) is 3.59. The molecule has 76 valence electrons. The summed E-state index contributed by atoms with van der Waals surface area (Å²) in [7, 11) is 0. The zero-order valence-corrected chi connectivity index (χ0v) is 10.5. The van der Waals surface area contributed by atoms with Crippen molar-refractivity contribution in [2.45, 2.75) is 23.7 Å². The molecule has 0 radical (unpaired) electrons. The molecule has 1 unspecified atom stereocenters. The predicted octanol–water partition coefficient (Wildman–Crippen LogP) is 2.84. The lowest BCUT2D eigenvalue weighted by atomic mass is 9.55. The van der Waals surface area contributed by atoms with Crippen molar-refractivity contribution in [3.8, 4) is 0 Å². The van der Waals surface area contributed by atoms with E-state index in [0.717, 1.165) is 22.7 Å². The molecule has 4 aliphatic carbocycles. The van der Waals surface area contributed by atoms with Crippen LogP contribution in [0.2, 0.25) is 0 Å². The van der Waals surface area contributed by atoms with Crippen molar-refractivity contribution in [1.82, 2.24) is 0 Å². The Labute approximate surface area is 98.5 Å². The van der Waals surface area contributed by atoms with Gasteiger partial charge < -0.3 is 0 Å². The van der Waals surface area contributed by atoms with Crippen molar-refractivity contribution in [2.24, 2.45) is 29.6 Å². The van der Waals surface area contributed by atoms with Gasteiger partial charge >= 0.3 is 0 Å². The van der Waals surface area contributed by atoms with Gasteiger partial charge in [-0.25, -0.2) is 0 Å². The van der Waals surface area contributed by atoms with E-state index in [1.165, 1.54) is 0 Å². The van der Waals surface area contributed by atoms with E-state index >= 15 is 0 Å². The number of Topliss-reactive ketones (excluding diaryl/α,β-unsaturated/α-hetero) is 1. The summed E-state index contributed by atoms with van der Waals surface area (Å²) in [5.41, 5.74) is 0. The van der Waals surface area contributed by atoms with Gasteiger partial charge in [-0.15, -0.1) is 0 Å². The van der Waals surface area contributed by atoms with Crippen LogP contribution in [0.1, 0.15) is 19.8 Å². The first-order chi connectivity index (χ1) is 6.70. The monoisotopic (exact) mass is 302 g/mol. The molecule has 0 N–H and O–H groups in total. The standard InChI is InChI=1S/C12H15IO/c1-6-11-8-4-2-3-7(8)9(12(6)13)5-10(11)14/h2-3,6-9,11-12H,4-5H2,1H3/t6?,7-,8+,9-,11-,12+/m0/s1. The molecule has 0 aliphatic heterocycles. The van der Waals surface area contributed by atoms with Crippen molar-refractivity contribution >= 4 is 28.4 Å². The zero-order chi connectivity index (χ0) is 9.87. The number of carbonyl (C=O) groups excluding carboxylic acids is 1. The second kappa shape index (κ2) is 3.06. The molecule has 2 bridgehead atoms. The van der Waals surface area contributed by atoms with Crippen LogP contribution in [-0.4, -0.2) is 9.71 Å². The molecule has 14 heavy (non-hydrogen) atoms. The van der Waals surface area contributed by atoms with Gasteiger partial charge in [0, 0.05) is 16.3 Å². The van der Waals surface area contributed by atoms with E-state index in [1.807, 2.05) is 0 Å². The van der Waals surface area contributed by atoms with Crippen LogP contribution < -0.4 is 0 Å². The van der Waals surface area contributed by atoms with Gasteiger partial charge in [0.2, 0.25) is 0 Å². The van der Waals surface area contributed by atoms with Crippen LogP contribution in [-0.2, 0) is 4.79 Å². The van der Waals surface area contributed by atoms with Crippen molar-refractivity contribution in [3.63, 3.8) is 0 Å². The second-order valence-corrected chi connectivity index (χ2v) is 6.51. The van der Waals surface area contributed by atoms with Crippen LogP contribution in [0, 0.1) is 29.6 Å². The first-order valence-corrected chi connectivity index (χ1v) is 6.78. The predicted molar refractivity (Wildman–Crippen MR) is 64.3 cm³/mol. The quantitative estimate of drug-likeness (QED) is 0.382. The van der Waals surface area contributed by atoms with Crippen LogP contribution in [0.5, 0.6) is 0 Å². The van der Waals surface area contributed by atoms with Gasteiger partial charge in [0.1, 0.15) is 5.78 Å². The van der Waals surface area contributed by atoms with E-state index in [9.17, 15) is 4.79 Å². The average Bonchev–Trinajstić information content (AvgIpc) is 2.61. The lowest BCUT2D eigenvalue weighted by Gasteiger charge is -2.51. The lowest BCUT2D eigenvalue weighted by molar-refractivity contribution is -0.137. The van der Waals surface area contributed by atoms with E-state index in [0.29, 0.717) is 29.5 Å². The molecule has 1 nitrogen and oxygen atoms in total. The first kappa shape index (κ1) is 9.37. The van der Waals surface area contributed by atoms with Gasteiger partial charge in [-0.1, -0.05) is 41.7 Å². The molecule has 0 aromatic rings. The second-order valence-electron chi connectivity index (χ2n) is 5.07. The molecule has 3 saturated carbocycles. The summed E-state index contributed by atoms with van der Waals surface area (Å²) >= 11 is 2.58. The number of alkyl halides is 1. The van der Waals surface area contributed by atoms with Gasteiger partial charge in [0.05, 0.1) is 0 Å². The van der Waals surface area contributed by atoms with Gasteiger partial charge in [-0.2, -0.15) is 0 Å². The average molecular weight is 302 g/mol. The molecule has 0 aromatic heterocycles. The van der Waals surface area contributed by atoms with Gasteiger partial charge in [0.15, 0.2) is 0 Å². The van der Waals surface area contributed by atoms with Crippen LogP contribution >= 0.6 is 22.6 Å². The van der Waals surface area contributed by atoms with E-state index in [4.69, 9.17) is 0 Å². The third-order valence-electron chi connectivity index (χ3n) is 4.50. The SMILES string of the molecule is CC1[C@@H](I)[C@H]2CC(=O)[C@@H]1[C@@H]1CC=C[C@@H]12. The molecule has 4 rings (SSSR count). The molecule has 0 saturated heterocycles. The van der Waals surface area contributed by atoms with E-state index in [2.05, 4.69) is 41.7 Å². The molecule has 0 aromatic carbocycles. The summed E-state index contributed by atoms with van der Waals surface area (Å²) in [5, 5.41) is 0. The Kier molecular flexibility index (Phi) is 2.05. The number of ketones is 1. The Morgan fingerprint density at radius 2 is 2.21 bits per heavy atom. The first-order valence-electron chi connectivity index (χ1n) is 5.53. The van der Waals surface area contributed by atoms with Crippen molar-refractivity contribution in [3.05, 3.63) is 12.2 Å². The molecular weight excluding hydrogens is 287 g/mol. The molecule has 0 amide bonds. The Hall–Kier alpha value is 0.140. The highest BCUT2D eigenvalue weighted by Gasteiger charge is 2.55. The molecule has 4 aliphatic rings. The number of allylic oxidation sites excluding steroid dienone is 2. The van der Waals surface area contributed by atoms with Crippen LogP contribution in [0.25, 0.3) is 0 Å². The van der Waals surface area contributed by atoms with Crippen molar-refractivity contribution in [2.75, 3.05) is 0 Å². The number of carbonyl (C=O) groups is 1. The van der Waals surface area contributed by atoms with Crippen molar-refractivity contribution < 1.29 is 4.79 Å². The van der Waals surface area contributed by atoms with Crippen LogP contribution in [0.4, 0.5) is 0 Å². The normalized spacial score (nSPS) is 55.1. The number of hydrogen-bond acceptors (Lipinski definition) is 1. The van der Waals surface area contributed by atoms with E-state index in [1.54, 1.807) is 0 Å². The minimum Gasteiger partial charge on any atom is -0.299 e. The highest BCUT2D eigenvalue weighted by atomic mass is 127.